The van der Waals surface area contributed by atoms with Crippen molar-refractivity contribution >= 4 is 0 Å². The third kappa shape index (κ3) is 2.41. The highest BCUT2D eigenvalue weighted by atomic mass is 16.7. The van der Waals surface area contributed by atoms with Crippen LogP contribution in [-0.4, -0.2) is 30.5 Å². The van der Waals surface area contributed by atoms with Crippen molar-refractivity contribution in [3.63, 3.8) is 0 Å². The summed E-state index contributed by atoms with van der Waals surface area (Å²) in [5.74, 6) is 0.783. The maximum absolute atomic E-state index is 9.82. The van der Waals surface area contributed by atoms with E-state index in [0.29, 0.717) is 6.61 Å². The molecule has 0 aromatic heterocycles. The lowest BCUT2D eigenvalue weighted by Crippen LogP contribution is -2.40. The molecule has 0 spiro atoms. The SMILES string of the molecule is C=C[C@@H](O)[C@]1(C)COC(c2ccc(OC)cc2)O1. The van der Waals surface area contributed by atoms with Crippen molar-refractivity contribution < 1.29 is 19.3 Å². The molecule has 1 aromatic carbocycles. The highest BCUT2D eigenvalue weighted by Gasteiger charge is 2.42. The molecule has 98 valence electrons. The average Bonchev–Trinajstić information content (AvgIpc) is 2.82. The summed E-state index contributed by atoms with van der Waals surface area (Å²) in [6.07, 6.45) is 0.246. The molecule has 1 fully saturated rings. The first-order valence-electron chi connectivity index (χ1n) is 5.83. The number of ether oxygens (including phenoxy) is 3. The second-order valence-electron chi connectivity index (χ2n) is 4.53. The number of hydrogen-bond donors (Lipinski definition) is 1. The lowest BCUT2D eigenvalue weighted by atomic mass is 10.0. The fourth-order valence-corrected chi connectivity index (χ4v) is 1.88. The Balaban J connectivity index is 2.10. The second-order valence-corrected chi connectivity index (χ2v) is 4.53. The molecule has 1 unspecified atom stereocenters. The van der Waals surface area contributed by atoms with Gasteiger partial charge in [-0.1, -0.05) is 18.2 Å². The molecule has 0 radical (unpaired) electrons. The molecule has 3 atom stereocenters. The highest BCUT2D eigenvalue weighted by molar-refractivity contribution is 5.28. The quantitative estimate of drug-likeness (QED) is 0.831. The van der Waals surface area contributed by atoms with Gasteiger partial charge in [0.1, 0.15) is 17.5 Å². The summed E-state index contributed by atoms with van der Waals surface area (Å²) < 4.78 is 16.5. The number of hydrogen-bond acceptors (Lipinski definition) is 4. The number of aliphatic hydroxyl groups excluding tert-OH is 1. The molecule has 1 aliphatic heterocycles. The first-order chi connectivity index (χ1) is 8.59. The summed E-state index contributed by atoms with van der Waals surface area (Å²) in [6, 6.07) is 7.47. The van der Waals surface area contributed by atoms with E-state index in [1.165, 1.54) is 6.08 Å². The Hall–Kier alpha value is -1.36. The summed E-state index contributed by atoms with van der Waals surface area (Å²) in [4.78, 5) is 0. The zero-order valence-corrected chi connectivity index (χ0v) is 10.6. The smallest absolute Gasteiger partial charge is 0.184 e. The number of aliphatic hydroxyl groups is 1. The number of benzene rings is 1. The average molecular weight is 250 g/mol. The molecule has 1 aromatic rings. The summed E-state index contributed by atoms with van der Waals surface area (Å²) in [5, 5.41) is 9.82. The van der Waals surface area contributed by atoms with Crippen molar-refractivity contribution in [3.05, 3.63) is 42.5 Å². The third-order valence-electron chi connectivity index (χ3n) is 3.13. The molecule has 18 heavy (non-hydrogen) atoms. The van der Waals surface area contributed by atoms with Crippen LogP contribution in [-0.2, 0) is 9.47 Å². The van der Waals surface area contributed by atoms with Gasteiger partial charge in [0.15, 0.2) is 6.29 Å². The van der Waals surface area contributed by atoms with Gasteiger partial charge in [-0.2, -0.15) is 0 Å². The van der Waals surface area contributed by atoms with Crippen LogP contribution in [0.25, 0.3) is 0 Å². The van der Waals surface area contributed by atoms with Crippen LogP contribution in [0.2, 0.25) is 0 Å². The lowest BCUT2D eigenvalue weighted by Gasteiger charge is -2.25. The molecule has 0 bridgehead atoms. The van der Waals surface area contributed by atoms with E-state index in [1.54, 1.807) is 7.11 Å². The molecule has 1 heterocycles. The van der Waals surface area contributed by atoms with E-state index in [4.69, 9.17) is 14.2 Å². The molecule has 0 aliphatic carbocycles. The van der Waals surface area contributed by atoms with Gasteiger partial charge < -0.3 is 19.3 Å². The molecule has 1 saturated heterocycles. The van der Waals surface area contributed by atoms with Crippen LogP contribution in [0.3, 0.4) is 0 Å². The predicted molar refractivity (Wildman–Crippen MR) is 67.4 cm³/mol. The Morgan fingerprint density at radius 3 is 2.72 bits per heavy atom. The summed E-state index contributed by atoms with van der Waals surface area (Å²) >= 11 is 0. The number of methoxy groups -OCH3 is 1. The Kier molecular flexibility index (Phi) is 3.71. The van der Waals surface area contributed by atoms with Gasteiger partial charge in [0.05, 0.1) is 13.7 Å². The maximum Gasteiger partial charge on any atom is 0.184 e. The van der Waals surface area contributed by atoms with E-state index in [2.05, 4.69) is 6.58 Å². The first kappa shape index (κ1) is 13.1. The van der Waals surface area contributed by atoms with Crippen LogP contribution in [0, 0.1) is 0 Å². The van der Waals surface area contributed by atoms with E-state index in [9.17, 15) is 5.11 Å². The molecular weight excluding hydrogens is 232 g/mol. The van der Waals surface area contributed by atoms with Crippen LogP contribution in [0.1, 0.15) is 18.8 Å². The molecule has 0 amide bonds. The van der Waals surface area contributed by atoms with Crippen LogP contribution in [0.15, 0.2) is 36.9 Å². The predicted octanol–water partition coefficient (Wildman–Crippen LogP) is 2.05. The van der Waals surface area contributed by atoms with Crippen molar-refractivity contribution in [2.24, 2.45) is 0 Å². The minimum atomic E-state index is -0.749. The summed E-state index contributed by atoms with van der Waals surface area (Å²) in [5.41, 5.74) is 0.155. The van der Waals surface area contributed by atoms with Crippen LogP contribution in [0.4, 0.5) is 0 Å². The van der Waals surface area contributed by atoms with Crippen LogP contribution < -0.4 is 4.74 Å². The van der Waals surface area contributed by atoms with Crippen LogP contribution in [0.5, 0.6) is 5.75 Å². The standard InChI is InChI=1S/C14H18O4/c1-4-12(15)14(2)9-17-13(18-14)10-5-7-11(16-3)8-6-10/h4-8,12-13,15H,1,9H2,2-3H3/t12-,13?,14+/m1/s1. The highest BCUT2D eigenvalue weighted by Crippen LogP contribution is 2.36. The Bertz CT molecular complexity index is 414. The lowest BCUT2D eigenvalue weighted by molar-refractivity contribution is -0.115. The molecule has 4 heteroatoms. The normalized spacial score (nSPS) is 28.9. The van der Waals surface area contributed by atoms with Gasteiger partial charge in [-0.3, -0.25) is 0 Å². The van der Waals surface area contributed by atoms with E-state index in [-0.39, 0.29) is 0 Å². The number of rotatable bonds is 4. The molecule has 1 aliphatic rings. The van der Waals surface area contributed by atoms with E-state index >= 15 is 0 Å². The van der Waals surface area contributed by atoms with Crippen molar-refractivity contribution in [1.82, 2.24) is 0 Å². The zero-order valence-electron chi connectivity index (χ0n) is 10.6. The first-order valence-corrected chi connectivity index (χ1v) is 5.83. The maximum atomic E-state index is 9.82. The molecule has 4 nitrogen and oxygen atoms in total. The fourth-order valence-electron chi connectivity index (χ4n) is 1.88. The van der Waals surface area contributed by atoms with Crippen molar-refractivity contribution in [1.29, 1.82) is 0 Å². The molecular formula is C14H18O4. The summed E-state index contributed by atoms with van der Waals surface area (Å²) in [7, 11) is 1.62. The van der Waals surface area contributed by atoms with Crippen molar-refractivity contribution in [2.45, 2.75) is 24.9 Å². The Labute approximate surface area is 107 Å². The summed E-state index contributed by atoms with van der Waals surface area (Å²) in [6.45, 7) is 5.71. The van der Waals surface area contributed by atoms with Crippen molar-refractivity contribution in [3.8, 4) is 5.75 Å². The second kappa shape index (κ2) is 5.10. The van der Waals surface area contributed by atoms with Gasteiger partial charge in [-0.05, 0) is 19.1 Å². The fraction of sp³-hybridized carbons (Fsp3) is 0.429. The minimum absolute atomic E-state index is 0.330. The molecule has 1 N–H and O–H groups in total. The van der Waals surface area contributed by atoms with Gasteiger partial charge >= 0.3 is 0 Å². The van der Waals surface area contributed by atoms with E-state index in [1.807, 2.05) is 31.2 Å². The third-order valence-corrected chi connectivity index (χ3v) is 3.13. The van der Waals surface area contributed by atoms with Crippen molar-refractivity contribution in [2.75, 3.05) is 13.7 Å². The zero-order chi connectivity index (χ0) is 13.2. The monoisotopic (exact) mass is 250 g/mol. The topological polar surface area (TPSA) is 47.9 Å². The molecule has 0 saturated carbocycles. The van der Waals surface area contributed by atoms with Gasteiger partial charge in [0, 0.05) is 5.56 Å². The van der Waals surface area contributed by atoms with Gasteiger partial charge in [0.25, 0.3) is 0 Å². The van der Waals surface area contributed by atoms with Gasteiger partial charge in [-0.25, -0.2) is 0 Å². The van der Waals surface area contributed by atoms with Gasteiger partial charge in [0.2, 0.25) is 0 Å². The van der Waals surface area contributed by atoms with E-state index < -0.39 is 18.0 Å². The minimum Gasteiger partial charge on any atom is -0.497 e. The molecule has 2 rings (SSSR count). The van der Waals surface area contributed by atoms with Gasteiger partial charge in [-0.15, -0.1) is 6.58 Å². The Morgan fingerprint density at radius 1 is 1.50 bits per heavy atom. The van der Waals surface area contributed by atoms with E-state index in [0.717, 1.165) is 11.3 Å². The van der Waals surface area contributed by atoms with Crippen LogP contribution >= 0.6 is 0 Å². The Morgan fingerprint density at radius 2 is 2.17 bits per heavy atom. The largest absolute Gasteiger partial charge is 0.497 e.